The molecule has 0 atom stereocenters. The van der Waals surface area contributed by atoms with Gasteiger partial charge in [-0.1, -0.05) is 6.07 Å². The molecule has 110 valence electrons. The molecule has 0 saturated heterocycles. The van der Waals surface area contributed by atoms with Crippen molar-refractivity contribution in [3.8, 4) is 5.88 Å². The van der Waals surface area contributed by atoms with Gasteiger partial charge in [-0.3, -0.25) is 9.78 Å². The van der Waals surface area contributed by atoms with Crippen LogP contribution in [0.1, 0.15) is 10.5 Å². The second-order valence-electron chi connectivity index (χ2n) is 3.96. The standard InChI is InChI=1S/C13H10F3N3O2/c14-13(15,16)8-21-11-5-4-9(7-18-11)19-12(20)10-3-1-2-6-17-10/h1-7H,8H2,(H,19,20). The Morgan fingerprint density at radius 2 is 2.00 bits per heavy atom. The number of halogens is 3. The summed E-state index contributed by atoms with van der Waals surface area (Å²) in [4.78, 5) is 19.3. The van der Waals surface area contributed by atoms with Crippen LogP contribution in [0.4, 0.5) is 18.9 Å². The highest BCUT2D eigenvalue weighted by Crippen LogP contribution is 2.18. The molecule has 2 heterocycles. The van der Waals surface area contributed by atoms with Crippen LogP contribution in [0.25, 0.3) is 0 Å². The Morgan fingerprint density at radius 1 is 1.19 bits per heavy atom. The van der Waals surface area contributed by atoms with Gasteiger partial charge in [-0.25, -0.2) is 4.98 Å². The van der Waals surface area contributed by atoms with E-state index in [1.807, 2.05) is 0 Å². The van der Waals surface area contributed by atoms with Gasteiger partial charge in [0.25, 0.3) is 5.91 Å². The Hall–Kier alpha value is -2.64. The molecule has 0 aliphatic carbocycles. The summed E-state index contributed by atoms with van der Waals surface area (Å²) in [5.41, 5.74) is 0.542. The zero-order valence-corrected chi connectivity index (χ0v) is 10.6. The number of pyridine rings is 2. The van der Waals surface area contributed by atoms with Gasteiger partial charge in [0, 0.05) is 12.3 Å². The predicted molar refractivity (Wildman–Crippen MR) is 68.0 cm³/mol. The summed E-state index contributed by atoms with van der Waals surface area (Å²) in [6.07, 6.45) is -1.75. The molecule has 8 heteroatoms. The highest BCUT2D eigenvalue weighted by molar-refractivity contribution is 6.02. The molecule has 0 bridgehead atoms. The molecule has 2 rings (SSSR count). The first-order valence-electron chi connectivity index (χ1n) is 5.82. The van der Waals surface area contributed by atoms with Gasteiger partial charge in [0.15, 0.2) is 6.61 Å². The van der Waals surface area contributed by atoms with Crippen LogP contribution >= 0.6 is 0 Å². The number of amides is 1. The molecule has 21 heavy (non-hydrogen) atoms. The topological polar surface area (TPSA) is 64.1 Å². The summed E-state index contributed by atoms with van der Waals surface area (Å²) in [6, 6.07) is 7.49. The van der Waals surface area contributed by atoms with Crippen LogP contribution in [0.5, 0.6) is 5.88 Å². The van der Waals surface area contributed by atoms with Crippen LogP contribution in [0.3, 0.4) is 0 Å². The number of carbonyl (C=O) groups excluding carboxylic acids is 1. The lowest BCUT2D eigenvalue weighted by Gasteiger charge is -2.09. The quantitative estimate of drug-likeness (QED) is 0.942. The van der Waals surface area contributed by atoms with Gasteiger partial charge in [-0.15, -0.1) is 0 Å². The van der Waals surface area contributed by atoms with Crippen molar-refractivity contribution in [1.82, 2.24) is 9.97 Å². The zero-order valence-electron chi connectivity index (χ0n) is 10.6. The molecule has 0 aliphatic rings. The molecular weight excluding hydrogens is 287 g/mol. The molecule has 0 aliphatic heterocycles. The van der Waals surface area contributed by atoms with Crippen molar-refractivity contribution < 1.29 is 22.7 Å². The van der Waals surface area contributed by atoms with Crippen LogP contribution < -0.4 is 10.1 Å². The van der Waals surface area contributed by atoms with Gasteiger partial charge in [-0.05, 0) is 18.2 Å². The van der Waals surface area contributed by atoms with Gasteiger partial charge in [-0.2, -0.15) is 13.2 Å². The number of alkyl halides is 3. The minimum absolute atomic E-state index is 0.178. The lowest BCUT2D eigenvalue weighted by molar-refractivity contribution is -0.154. The van der Waals surface area contributed by atoms with Gasteiger partial charge in [0.05, 0.1) is 11.9 Å². The van der Waals surface area contributed by atoms with E-state index < -0.39 is 18.7 Å². The predicted octanol–water partition coefficient (Wildman–Crippen LogP) is 2.67. The number of carbonyl (C=O) groups is 1. The molecule has 2 aromatic heterocycles. The monoisotopic (exact) mass is 297 g/mol. The summed E-state index contributed by atoms with van der Waals surface area (Å²) in [7, 11) is 0. The number of rotatable bonds is 4. The Bertz CT molecular complexity index is 600. The fourth-order valence-electron chi connectivity index (χ4n) is 1.39. The first-order chi connectivity index (χ1) is 9.94. The molecule has 0 spiro atoms. The molecule has 0 aromatic carbocycles. The van der Waals surface area contributed by atoms with Crippen LogP contribution in [-0.4, -0.2) is 28.7 Å². The van der Waals surface area contributed by atoms with E-state index in [1.54, 1.807) is 12.1 Å². The number of hydrogen-bond acceptors (Lipinski definition) is 4. The Balaban J connectivity index is 1.95. The second kappa shape index (κ2) is 6.21. The molecule has 1 amide bonds. The summed E-state index contributed by atoms with van der Waals surface area (Å²) in [6.45, 7) is -1.42. The summed E-state index contributed by atoms with van der Waals surface area (Å²) >= 11 is 0. The van der Waals surface area contributed by atoms with E-state index in [9.17, 15) is 18.0 Å². The number of nitrogens with one attached hydrogen (secondary N) is 1. The minimum Gasteiger partial charge on any atom is -0.468 e. The number of aromatic nitrogens is 2. The van der Waals surface area contributed by atoms with Crippen molar-refractivity contribution in [1.29, 1.82) is 0 Å². The summed E-state index contributed by atoms with van der Waals surface area (Å²) < 4.78 is 40.3. The molecule has 0 unspecified atom stereocenters. The maximum absolute atomic E-state index is 12.0. The van der Waals surface area contributed by atoms with E-state index in [2.05, 4.69) is 20.0 Å². The normalized spacial score (nSPS) is 11.0. The molecule has 2 aromatic rings. The van der Waals surface area contributed by atoms with Crippen LogP contribution in [0, 0.1) is 0 Å². The highest BCUT2D eigenvalue weighted by atomic mass is 19.4. The average molecular weight is 297 g/mol. The van der Waals surface area contributed by atoms with Gasteiger partial charge in [0.1, 0.15) is 5.69 Å². The van der Waals surface area contributed by atoms with E-state index in [0.717, 1.165) is 0 Å². The van der Waals surface area contributed by atoms with Crippen LogP contribution in [0.15, 0.2) is 42.7 Å². The number of ether oxygens (including phenoxy) is 1. The third kappa shape index (κ3) is 4.75. The highest BCUT2D eigenvalue weighted by Gasteiger charge is 2.28. The van der Waals surface area contributed by atoms with Gasteiger partial charge in [0.2, 0.25) is 5.88 Å². The van der Waals surface area contributed by atoms with E-state index in [0.29, 0.717) is 5.69 Å². The van der Waals surface area contributed by atoms with Crippen molar-refractivity contribution >= 4 is 11.6 Å². The second-order valence-corrected chi connectivity index (χ2v) is 3.96. The number of hydrogen-bond donors (Lipinski definition) is 1. The van der Waals surface area contributed by atoms with Crippen LogP contribution in [0.2, 0.25) is 0 Å². The number of anilines is 1. The third-order valence-electron chi connectivity index (χ3n) is 2.28. The van der Waals surface area contributed by atoms with Crippen LogP contribution in [-0.2, 0) is 0 Å². The first kappa shape index (κ1) is 14.8. The van der Waals surface area contributed by atoms with E-state index in [-0.39, 0.29) is 11.6 Å². The molecule has 5 nitrogen and oxygen atoms in total. The van der Waals surface area contributed by atoms with Crippen molar-refractivity contribution in [3.63, 3.8) is 0 Å². The van der Waals surface area contributed by atoms with Gasteiger partial charge >= 0.3 is 6.18 Å². The van der Waals surface area contributed by atoms with Gasteiger partial charge < -0.3 is 10.1 Å². The minimum atomic E-state index is -4.42. The average Bonchev–Trinajstić information content (AvgIpc) is 2.46. The van der Waals surface area contributed by atoms with E-state index >= 15 is 0 Å². The molecule has 0 radical (unpaired) electrons. The lowest BCUT2D eigenvalue weighted by Crippen LogP contribution is -2.19. The molecule has 0 fully saturated rings. The lowest BCUT2D eigenvalue weighted by atomic mass is 10.3. The van der Waals surface area contributed by atoms with Crippen molar-refractivity contribution in [2.45, 2.75) is 6.18 Å². The van der Waals surface area contributed by atoms with E-state index in [1.165, 1.54) is 30.6 Å². The molecular formula is C13H10F3N3O2. The first-order valence-corrected chi connectivity index (χ1v) is 5.82. The fraction of sp³-hybridized carbons (Fsp3) is 0.154. The molecule has 1 N–H and O–H groups in total. The Labute approximate surface area is 117 Å². The van der Waals surface area contributed by atoms with Crippen molar-refractivity contribution in [3.05, 3.63) is 48.4 Å². The van der Waals surface area contributed by atoms with E-state index in [4.69, 9.17) is 0 Å². The maximum Gasteiger partial charge on any atom is 0.422 e. The SMILES string of the molecule is O=C(Nc1ccc(OCC(F)(F)F)nc1)c1ccccn1. The largest absolute Gasteiger partial charge is 0.468 e. The number of nitrogens with zero attached hydrogens (tertiary/aromatic N) is 2. The summed E-state index contributed by atoms with van der Waals surface area (Å²) in [5, 5.41) is 2.52. The fourth-order valence-corrected chi connectivity index (χ4v) is 1.39. The third-order valence-corrected chi connectivity index (χ3v) is 2.28. The van der Waals surface area contributed by atoms with Crippen molar-refractivity contribution in [2.24, 2.45) is 0 Å². The van der Waals surface area contributed by atoms with Crippen molar-refractivity contribution in [2.75, 3.05) is 11.9 Å². The zero-order chi connectivity index (χ0) is 15.3. The maximum atomic E-state index is 12.0. The Kier molecular flexibility index (Phi) is 4.36. The summed E-state index contributed by atoms with van der Waals surface area (Å²) in [5.74, 6) is -0.621. The Morgan fingerprint density at radius 3 is 2.57 bits per heavy atom. The molecule has 0 saturated carbocycles. The smallest absolute Gasteiger partial charge is 0.422 e.